The van der Waals surface area contributed by atoms with Gasteiger partial charge in [-0.25, -0.2) is 0 Å². The largest absolute Gasteiger partial charge is 0.332 e. The van der Waals surface area contributed by atoms with E-state index in [4.69, 9.17) is 12.2 Å². The second kappa shape index (κ2) is 6.53. The summed E-state index contributed by atoms with van der Waals surface area (Å²) < 4.78 is 0. The third-order valence-electron chi connectivity index (χ3n) is 3.48. The van der Waals surface area contributed by atoms with Crippen molar-refractivity contribution in [1.82, 2.24) is 0 Å². The lowest BCUT2D eigenvalue weighted by Gasteiger charge is -2.25. The molecule has 0 aliphatic heterocycles. The molecule has 2 aromatic carbocycles. The molecule has 0 saturated carbocycles. The number of aryl methyl sites for hydroxylation is 1. The fraction of sp³-hybridized carbons (Fsp3) is 0.235. The second-order valence-electron chi connectivity index (χ2n) is 4.76. The van der Waals surface area contributed by atoms with Crippen LogP contribution in [-0.4, -0.2) is 11.7 Å². The minimum absolute atomic E-state index is 0.729. The Hall–Kier alpha value is -1.87. The van der Waals surface area contributed by atoms with Gasteiger partial charge < -0.3 is 10.2 Å². The Morgan fingerprint density at radius 2 is 1.75 bits per heavy atom. The van der Waals surface area contributed by atoms with Crippen LogP contribution in [0.4, 0.5) is 11.4 Å². The SMILES string of the molecule is CCN(C(=S)Nc1cccc(C)c1C)c1ccccc1. The minimum atomic E-state index is 0.729. The zero-order valence-corrected chi connectivity index (χ0v) is 13.0. The number of benzene rings is 2. The van der Waals surface area contributed by atoms with Gasteiger partial charge >= 0.3 is 0 Å². The van der Waals surface area contributed by atoms with Gasteiger partial charge in [0.2, 0.25) is 0 Å². The molecule has 2 nitrogen and oxygen atoms in total. The molecule has 104 valence electrons. The van der Waals surface area contributed by atoms with E-state index in [9.17, 15) is 0 Å². The summed E-state index contributed by atoms with van der Waals surface area (Å²) >= 11 is 5.56. The summed E-state index contributed by atoms with van der Waals surface area (Å²) in [6, 6.07) is 16.4. The topological polar surface area (TPSA) is 15.3 Å². The van der Waals surface area contributed by atoms with Crippen molar-refractivity contribution in [2.75, 3.05) is 16.8 Å². The summed E-state index contributed by atoms with van der Waals surface area (Å²) in [7, 11) is 0. The van der Waals surface area contributed by atoms with Gasteiger partial charge in [-0.1, -0.05) is 30.3 Å². The highest BCUT2D eigenvalue weighted by atomic mass is 32.1. The molecule has 0 bridgehead atoms. The molecule has 0 atom stereocenters. The average Bonchev–Trinajstić information content (AvgIpc) is 2.46. The Morgan fingerprint density at radius 3 is 2.40 bits per heavy atom. The van der Waals surface area contributed by atoms with Gasteiger partial charge in [-0.3, -0.25) is 0 Å². The normalized spacial score (nSPS) is 10.2. The van der Waals surface area contributed by atoms with Crippen LogP contribution in [0.25, 0.3) is 0 Å². The summed E-state index contributed by atoms with van der Waals surface area (Å²) in [5.74, 6) is 0. The molecule has 2 aromatic rings. The molecular weight excluding hydrogens is 264 g/mol. The van der Waals surface area contributed by atoms with E-state index in [1.165, 1.54) is 11.1 Å². The van der Waals surface area contributed by atoms with E-state index in [0.717, 1.165) is 23.0 Å². The molecule has 0 aromatic heterocycles. The van der Waals surface area contributed by atoms with Crippen molar-refractivity contribution in [2.24, 2.45) is 0 Å². The van der Waals surface area contributed by atoms with Gasteiger partial charge in [0, 0.05) is 17.9 Å². The highest BCUT2D eigenvalue weighted by Gasteiger charge is 2.11. The smallest absolute Gasteiger partial charge is 0.177 e. The molecule has 0 radical (unpaired) electrons. The number of rotatable bonds is 3. The summed E-state index contributed by atoms with van der Waals surface area (Å²) in [4.78, 5) is 2.09. The van der Waals surface area contributed by atoms with Gasteiger partial charge in [0.05, 0.1) is 0 Å². The van der Waals surface area contributed by atoms with Gasteiger partial charge in [-0.05, 0) is 62.3 Å². The van der Waals surface area contributed by atoms with Crippen molar-refractivity contribution in [3.63, 3.8) is 0 Å². The maximum absolute atomic E-state index is 5.56. The van der Waals surface area contributed by atoms with Crippen LogP contribution in [0.15, 0.2) is 48.5 Å². The first kappa shape index (κ1) is 14.5. The fourth-order valence-electron chi connectivity index (χ4n) is 2.12. The summed E-state index contributed by atoms with van der Waals surface area (Å²) in [6.45, 7) is 7.15. The maximum atomic E-state index is 5.56. The van der Waals surface area contributed by atoms with Crippen LogP contribution in [0, 0.1) is 13.8 Å². The average molecular weight is 284 g/mol. The van der Waals surface area contributed by atoms with Gasteiger partial charge in [0.1, 0.15) is 0 Å². The summed E-state index contributed by atoms with van der Waals surface area (Å²) in [5.41, 5.74) is 4.68. The molecule has 3 heteroatoms. The number of anilines is 2. The van der Waals surface area contributed by atoms with E-state index in [2.05, 4.69) is 55.3 Å². The number of nitrogens with one attached hydrogen (secondary N) is 1. The highest BCUT2D eigenvalue weighted by molar-refractivity contribution is 7.80. The van der Waals surface area contributed by atoms with Gasteiger partial charge in [-0.15, -0.1) is 0 Å². The predicted molar refractivity (Wildman–Crippen MR) is 91.6 cm³/mol. The van der Waals surface area contributed by atoms with Crippen molar-refractivity contribution in [3.05, 3.63) is 59.7 Å². The van der Waals surface area contributed by atoms with Crippen LogP contribution in [-0.2, 0) is 0 Å². The lowest BCUT2D eigenvalue weighted by atomic mass is 10.1. The molecule has 2 rings (SSSR count). The third-order valence-corrected chi connectivity index (χ3v) is 3.80. The van der Waals surface area contributed by atoms with E-state index in [1.54, 1.807) is 0 Å². The third kappa shape index (κ3) is 3.17. The maximum Gasteiger partial charge on any atom is 0.177 e. The second-order valence-corrected chi connectivity index (χ2v) is 5.14. The molecule has 0 heterocycles. The number of nitrogens with zero attached hydrogens (tertiary/aromatic N) is 1. The molecule has 20 heavy (non-hydrogen) atoms. The van der Waals surface area contributed by atoms with E-state index < -0.39 is 0 Å². The fourth-order valence-corrected chi connectivity index (χ4v) is 2.47. The molecule has 1 N–H and O–H groups in total. The first-order chi connectivity index (χ1) is 9.63. The Labute approximate surface area is 126 Å². The van der Waals surface area contributed by atoms with Crippen LogP contribution in [0.2, 0.25) is 0 Å². The molecule has 0 saturated heterocycles. The predicted octanol–water partition coefficient (Wildman–Crippen LogP) is 4.53. The van der Waals surface area contributed by atoms with Crippen molar-refractivity contribution in [2.45, 2.75) is 20.8 Å². The standard InChI is InChI=1S/C17H20N2S/c1-4-19(15-10-6-5-7-11-15)17(20)18-16-12-8-9-13(2)14(16)3/h5-12H,4H2,1-3H3,(H,18,20). The van der Waals surface area contributed by atoms with Gasteiger partial charge in [-0.2, -0.15) is 0 Å². The summed E-state index contributed by atoms with van der Waals surface area (Å²) in [6.07, 6.45) is 0. The lowest BCUT2D eigenvalue weighted by Crippen LogP contribution is -2.34. The molecule has 0 fully saturated rings. The first-order valence-corrected chi connectivity index (χ1v) is 7.24. The number of para-hydroxylation sites is 1. The molecule has 0 spiro atoms. The molecule has 0 unspecified atom stereocenters. The van der Waals surface area contributed by atoms with Crippen LogP contribution in [0.3, 0.4) is 0 Å². The number of hydrogen-bond donors (Lipinski definition) is 1. The zero-order chi connectivity index (χ0) is 14.5. The van der Waals surface area contributed by atoms with Crippen molar-refractivity contribution < 1.29 is 0 Å². The number of thiocarbonyl (C=S) groups is 1. The summed E-state index contributed by atoms with van der Waals surface area (Å²) in [5, 5.41) is 4.09. The first-order valence-electron chi connectivity index (χ1n) is 6.83. The van der Waals surface area contributed by atoms with E-state index in [0.29, 0.717) is 0 Å². The Bertz CT molecular complexity index is 593. The van der Waals surface area contributed by atoms with Crippen LogP contribution < -0.4 is 10.2 Å². The van der Waals surface area contributed by atoms with Crippen molar-refractivity contribution >= 4 is 28.7 Å². The molecular formula is C17H20N2S. The quantitative estimate of drug-likeness (QED) is 0.834. The van der Waals surface area contributed by atoms with E-state index in [-0.39, 0.29) is 0 Å². The number of hydrogen-bond acceptors (Lipinski definition) is 1. The molecule has 0 amide bonds. The van der Waals surface area contributed by atoms with Gasteiger partial charge in [0.15, 0.2) is 5.11 Å². The Kier molecular flexibility index (Phi) is 4.74. The van der Waals surface area contributed by atoms with Crippen LogP contribution in [0.5, 0.6) is 0 Å². The zero-order valence-electron chi connectivity index (χ0n) is 12.2. The van der Waals surface area contributed by atoms with Crippen LogP contribution >= 0.6 is 12.2 Å². The Morgan fingerprint density at radius 1 is 1.05 bits per heavy atom. The molecule has 0 aliphatic rings. The van der Waals surface area contributed by atoms with Gasteiger partial charge in [0.25, 0.3) is 0 Å². The van der Waals surface area contributed by atoms with E-state index >= 15 is 0 Å². The minimum Gasteiger partial charge on any atom is -0.332 e. The lowest BCUT2D eigenvalue weighted by molar-refractivity contribution is 1.06. The van der Waals surface area contributed by atoms with E-state index in [1.807, 2.05) is 24.3 Å². The van der Waals surface area contributed by atoms with Crippen molar-refractivity contribution in [1.29, 1.82) is 0 Å². The highest BCUT2D eigenvalue weighted by Crippen LogP contribution is 2.20. The monoisotopic (exact) mass is 284 g/mol. The molecule has 0 aliphatic carbocycles. The van der Waals surface area contributed by atoms with Crippen LogP contribution in [0.1, 0.15) is 18.1 Å². The Balaban J connectivity index is 2.20. The van der Waals surface area contributed by atoms with Crippen molar-refractivity contribution in [3.8, 4) is 0 Å².